The Morgan fingerprint density at radius 3 is 2.48 bits per heavy atom. The van der Waals surface area contributed by atoms with Crippen LogP contribution in [0.2, 0.25) is 0 Å². The molecule has 0 unspecified atom stereocenters. The summed E-state index contributed by atoms with van der Waals surface area (Å²) in [5.41, 5.74) is 5.46. The summed E-state index contributed by atoms with van der Waals surface area (Å²) in [6.07, 6.45) is 0. The predicted molar refractivity (Wildman–Crippen MR) is 91.3 cm³/mol. The fraction of sp³-hybridized carbons (Fsp3) is 0.294. The Hall–Kier alpha value is -1.65. The summed E-state index contributed by atoms with van der Waals surface area (Å²) in [5, 5.41) is 1.63. The lowest BCUT2D eigenvalue weighted by molar-refractivity contribution is 0.303. The Morgan fingerprint density at radius 1 is 1.10 bits per heavy atom. The maximum Gasteiger partial charge on any atom is 0.123 e. The van der Waals surface area contributed by atoms with Gasteiger partial charge in [0.05, 0.1) is 5.69 Å². The molecule has 3 nitrogen and oxygen atoms in total. The number of nitrogens with two attached hydrogens (primary N) is 1. The molecule has 0 radical (unpaired) electrons. The summed E-state index contributed by atoms with van der Waals surface area (Å²) in [4.78, 5) is 0.984. The lowest BCUT2D eigenvalue weighted by atomic mass is 10.1. The molecule has 2 aromatic carbocycles. The van der Waals surface area contributed by atoms with E-state index in [2.05, 4.69) is 25.6 Å². The van der Waals surface area contributed by atoms with Gasteiger partial charge in [-0.05, 0) is 55.7 Å². The van der Waals surface area contributed by atoms with E-state index < -0.39 is 0 Å². The number of hydrogen-bond donors (Lipinski definition) is 2. The molecule has 4 heteroatoms. The van der Waals surface area contributed by atoms with E-state index in [9.17, 15) is 0 Å². The van der Waals surface area contributed by atoms with Crippen molar-refractivity contribution in [3.63, 3.8) is 0 Å². The molecule has 112 valence electrons. The van der Waals surface area contributed by atoms with E-state index in [1.165, 1.54) is 5.56 Å². The fourth-order valence-electron chi connectivity index (χ4n) is 2.28. The third kappa shape index (κ3) is 3.52. The van der Waals surface area contributed by atoms with Crippen LogP contribution in [0.4, 0.5) is 5.69 Å². The number of hydrogen-bond acceptors (Lipinski definition) is 4. The van der Waals surface area contributed by atoms with E-state index in [-0.39, 0.29) is 0 Å². The standard InChI is InChI=1S/C17H22N2OS/c1-11-6-5-7-15(19(4)18)14(11)10-20-16-8-13(3)17(21)9-12(16)2/h5-9,21H,10,18H2,1-4H3. The van der Waals surface area contributed by atoms with E-state index in [0.717, 1.165) is 33.0 Å². The van der Waals surface area contributed by atoms with Crippen LogP contribution in [0.15, 0.2) is 35.2 Å². The van der Waals surface area contributed by atoms with Crippen LogP contribution >= 0.6 is 12.6 Å². The second-order valence-corrected chi connectivity index (χ2v) is 5.86. The van der Waals surface area contributed by atoms with Crippen LogP contribution in [0.1, 0.15) is 22.3 Å². The molecular weight excluding hydrogens is 280 g/mol. The Morgan fingerprint density at radius 2 is 1.81 bits per heavy atom. The third-order valence-electron chi connectivity index (χ3n) is 3.63. The number of nitrogens with zero attached hydrogens (tertiary/aromatic N) is 1. The summed E-state index contributed by atoms with van der Waals surface area (Å²) in [6, 6.07) is 10.1. The van der Waals surface area contributed by atoms with E-state index in [1.807, 2.05) is 45.2 Å². The van der Waals surface area contributed by atoms with Crippen molar-refractivity contribution < 1.29 is 4.74 Å². The van der Waals surface area contributed by atoms with Gasteiger partial charge >= 0.3 is 0 Å². The number of benzene rings is 2. The largest absolute Gasteiger partial charge is 0.489 e. The molecule has 2 aromatic rings. The Bertz CT molecular complexity index is 653. The van der Waals surface area contributed by atoms with Gasteiger partial charge in [0.15, 0.2) is 0 Å². The van der Waals surface area contributed by atoms with Gasteiger partial charge in [-0.2, -0.15) is 0 Å². The lowest BCUT2D eigenvalue weighted by Gasteiger charge is -2.20. The Balaban J connectivity index is 2.27. The lowest BCUT2D eigenvalue weighted by Crippen LogP contribution is -2.26. The van der Waals surface area contributed by atoms with Gasteiger partial charge in [-0.1, -0.05) is 12.1 Å². The number of ether oxygens (including phenoxy) is 1. The zero-order valence-electron chi connectivity index (χ0n) is 13.0. The molecule has 0 spiro atoms. The predicted octanol–water partition coefficient (Wildman–Crippen LogP) is 3.79. The molecule has 0 aliphatic heterocycles. The van der Waals surface area contributed by atoms with Crippen molar-refractivity contribution in [2.75, 3.05) is 12.1 Å². The molecule has 0 atom stereocenters. The van der Waals surface area contributed by atoms with Crippen LogP contribution in [0.5, 0.6) is 5.75 Å². The molecular formula is C17H22N2OS. The average molecular weight is 302 g/mol. The second kappa shape index (κ2) is 6.41. The summed E-state index contributed by atoms with van der Waals surface area (Å²) < 4.78 is 6.01. The quantitative estimate of drug-likeness (QED) is 0.513. The Kier molecular flexibility index (Phi) is 4.80. The SMILES string of the molecule is Cc1cc(OCc2c(C)cccc2N(C)N)c(C)cc1S. The zero-order chi connectivity index (χ0) is 15.6. The highest BCUT2D eigenvalue weighted by Gasteiger charge is 2.10. The number of rotatable bonds is 4. The minimum atomic E-state index is 0.496. The van der Waals surface area contributed by atoms with Crippen LogP contribution in [0.3, 0.4) is 0 Å². The molecule has 21 heavy (non-hydrogen) atoms. The molecule has 0 aliphatic rings. The van der Waals surface area contributed by atoms with Gasteiger partial charge in [-0.25, -0.2) is 5.84 Å². The first-order valence-electron chi connectivity index (χ1n) is 6.90. The summed E-state index contributed by atoms with van der Waals surface area (Å²) in [5.74, 6) is 6.78. The minimum absolute atomic E-state index is 0.496. The summed E-state index contributed by atoms with van der Waals surface area (Å²) in [7, 11) is 1.84. The molecule has 0 heterocycles. The van der Waals surface area contributed by atoms with Gasteiger partial charge in [0, 0.05) is 17.5 Å². The second-order valence-electron chi connectivity index (χ2n) is 5.38. The third-order valence-corrected chi connectivity index (χ3v) is 4.11. The zero-order valence-corrected chi connectivity index (χ0v) is 13.9. The van der Waals surface area contributed by atoms with Crippen molar-refractivity contribution in [1.82, 2.24) is 0 Å². The van der Waals surface area contributed by atoms with E-state index in [0.29, 0.717) is 6.61 Å². The van der Waals surface area contributed by atoms with E-state index >= 15 is 0 Å². The highest BCUT2D eigenvalue weighted by atomic mass is 32.1. The van der Waals surface area contributed by atoms with Crippen molar-refractivity contribution >= 4 is 18.3 Å². The van der Waals surface area contributed by atoms with Gasteiger partial charge in [-0.15, -0.1) is 12.6 Å². The molecule has 0 bridgehead atoms. The van der Waals surface area contributed by atoms with Crippen molar-refractivity contribution in [3.05, 3.63) is 52.6 Å². The highest BCUT2D eigenvalue weighted by molar-refractivity contribution is 7.80. The average Bonchev–Trinajstić information content (AvgIpc) is 2.42. The Labute approximate surface area is 132 Å². The van der Waals surface area contributed by atoms with Gasteiger partial charge in [0.25, 0.3) is 0 Å². The van der Waals surface area contributed by atoms with Gasteiger partial charge < -0.3 is 9.75 Å². The molecule has 0 amide bonds. The van der Waals surface area contributed by atoms with Crippen molar-refractivity contribution in [2.24, 2.45) is 5.84 Å². The van der Waals surface area contributed by atoms with E-state index in [4.69, 9.17) is 10.6 Å². The number of thiol groups is 1. The van der Waals surface area contributed by atoms with Crippen LogP contribution in [-0.4, -0.2) is 7.05 Å². The summed E-state index contributed by atoms with van der Waals surface area (Å²) in [6.45, 7) is 6.63. The first kappa shape index (κ1) is 15.7. The fourth-order valence-corrected chi connectivity index (χ4v) is 2.54. The van der Waals surface area contributed by atoms with Crippen LogP contribution in [-0.2, 0) is 6.61 Å². The number of anilines is 1. The summed E-state index contributed by atoms with van der Waals surface area (Å²) >= 11 is 4.43. The normalized spacial score (nSPS) is 10.6. The monoisotopic (exact) mass is 302 g/mol. The molecule has 0 aliphatic carbocycles. The first-order chi connectivity index (χ1) is 9.90. The van der Waals surface area contributed by atoms with Crippen LogP contribution in [0, 0.1) is 20.8 Å². The molecule has 2 rings (SSSR count). The molecule has 2 N–H and O–H groups in total. The van der Waals surface area contributed by atoms with Crippen molar-refractivity contribution in [3.8, 4) is 5.75 Å². The number of aryl methyl sites for hydroxylation is 3. The molecule has 0 saturated heterocycles. The molecule has 0 aromatic heterocycles. The van der Waals surface area contributed by atoms with Crippen molar-refractivity contribution in [1.29, 1.82) is 0 Å². The molecule has 0 saturated carbocycles. The topological polar surface area (TPSA) is 38.5 Å². The first-order valence-corrected chi connectivity index (χ1v) is 7.34. The van der Waals surface area contributed by atoms with Crippen LogP contribution < -0.4 is 15.6 Å². The number of hydrazine groups is 1. The molecule has 0 fully saturated rings. The van der Waals surface area contributed by atoms with Gasteiger partial charge in [0.2, 0.25) is 0 Å². The maximum atomic E-state index is 6.01. The van der Waals surface area contributed by atoms with E-state index in [1.54, 1.807) is 5.01 Å². The van der Waals surface area contributed by atoms with Gasteiger partial charge in [0.1, 0.15) is 12.4 Å². The minimum Gasteiger partial charge on any atom is -0.489 e. The maximum absolute atomic E-state index is 6.01. The van der Waals surface area contributed by atoms with Gasteiger partial charge in [-0.3, -0.25) is 0 Å². The highest BCUT2D eigenvalue weighted by Crippen LogP contribution is 2.28. The van der Waals surface area contributed by atoms with Crippen molar-refractivity contribution in [2.45, 2.75) is 32.3 Å². The van der Waals surface area contributed by atoms with Crippen LogP contribution in [0.25, 0.3) is 0 Å². The smallest absolute Gasteiger partial charge is 0.123 e.